The molecule has 0 atom stereocenters. The Hall–Kier alpha value is -3.02. The highest BCUT2D eigenvalue weighted by atomic mass is 16.5. The van der Waals surface area contributed by atoms with Gasteiger partial charge in [-0.25, -0.2) is 4.79 Å². The lowest BCUT2D eigenvalue weighted by molar-refractivity contribution is -0.117. The van der Waals surface area contributed by atoms with Crippen molar-refractivity contribution < 1.29 is 14.3 Å². The number of urea groups is 1. The van der Waals surface area contributed by atoms with E-state index in [0.29, 0.717) is 24.5 Å². The summed E-state index contributed by atoms with van der Waals surface area (Å²) in [6.07, 6.45) is 1.91. The zero-order valence-electron chi connectivity index (χ0n) is 13.8. The third-order valence-electron chi connectivity index (χ3n) is 3.74. The van der Waals surface area contributed by atoms with Gasteiger partial charge in [-0.2, -0.15) is 0 Å². The third kappa shape index (κ3) is 5.53. The van der Waals surface area contributed by atoms with Gasteiger partial charge in [-0.05, 0) is 43.2 Å². The molecule has 0 unspecified atom stereocenters. The number of rotatable bonds is 7. The molecular formula is C19H21N3O3. The van der Waals surface area contributed by atoms with Gasteiger partial charge in [0.05, 0.1) is 6.54 Å². The van der Waals surface area contributed by atoms with E-state index in [1.54, 1.807) is 24.3 Å². The standard InChI is InChI=1S/C19H21N3O3/c23-18(14-9-10-14)21-15-5-4-6-16(13-15)22-19(24)20-11-12-25-17-7-2-1-3-8-17/h1-8,13-14H,9-12H2,(H,21,23)(H2,20,22,24). The highest BCUT2D eigenvalue weighted by molar-refractivity contribution is 5.95. The first-order valence-corrected chi connectivity index (χ1v) is 8.34. The largest absolute Gasteiger partial charge is 0.492 e. The van der Waals surface area contributed by atoms with E-state index in [1.807, 2.05) is 30.3 Å². The Labute approximate surface area is 146 Å². The normalized spacial score (nSPS) is 13.0. The summed E-state index contributed by atoms with van der Waals surface area (Å²) in [4.78, 5) is 23.7. The lowest BCUT2D eigenvalue weighted by Gasteiger charge is -2.10. The molecule has 0 spiro atoms. The van der Waals surface area contributed by atoms with Crippen LogP contribution < -0.4 is 20.7 Å². The Kier molecular flexibility index (Phi) is 5.51. The second-order valence-corrected chi connectivity index (χ2v) is 5.89. The van der Waals surface area contributed by atoms with Crippen LogP contribution in [0.1, 0.15) is 12.8 Å². The van der Waals surface area contributed by atoms with Crippen LogP contribution in [0.4, 0.5) is 16.2 Å². The van der Waals surface area contributed by atoms with Crippen LogP contribution in [0.5, 0.6) is 5.75 Å². The molecule has 6 nitrogen and oxygen atoms in total. The van der Waals surface area contributed by atoms with Crippen molar-refractivity contribution >= 4 is 23.3 Å². The van der Waals surface area contributed by atoms with Crippen LogP contribution in [-0.2, 0) is 4.79 Å². The third-order valence-corrected chi connectivity index (χ3v) is 3.74. The lowest BCUT2D eigenvalue weighted by atomic mass is 10.2. The Morgan fingerprint density at radius 2 is 1.68 bits per heavy atom. The fourth-order valence-corrected chi connectivity index (χ4v) is 2.29. The molecular weight excluding hydrogens is 318 g/mol. The fraction of sp³-hybridized carbons (Fsp3) is 0.263. The van der Waals surface area contributed by atoms with E-state index in [0.717, 1.165) is 18.6 Å². The zero-order chi connectivity index (χ0) is 17.5. The highest BCUT2D eigenvalue weighted by Gasteiger charge is 2.29. The maximum atomic E-state index is 11.9. The van der Waals surface area contributed by atoms with Crippen molar-refractivity contribution in [3.05, 3.63) is 54.6 Å². The molecule has 0 aromatic heterocycles. The molecule has 3 N–H and O–H groups in total. The minimum absolute atomic E-state index is 0.0414. The van der Waals surface area contributed by atoms with Crippen molar-refractivity contribution in [2.45, 2.75) is 12.8 Å². The van der Waals surface area contributed by atoms with Gasteiger partial charge in [0.25, 0.3) is 0 Å². The number of ether oxygens (including phenoxy) is 1. The van der Waals surface area contributed by atoms with Crippen molar-refractivity contribution in [1.29, 1.82) is 0 Å². The first kappa shape index (κ1) is 16.8. The smallest absolute Gasteiger partial charge is 0.319 e. The molecule has 3 amide bonds. The number of nitrogens with one attached hydrogen (secondary N) is 3. The molecule has 130 valence electrons. The van der Waals surface area contributed by atoms with Gasteiger partial charge in [0, 0.05) is 17.3 Å². The van der Waals surface area contributed by atoms with E-state index >= 15 is 0 Å². The van der Waals surface area contributed by atoms with E-state index in [9.17, 15) is 9.59 Å². The van der Waals surface area contributed by atoms with Gasteiger partial charge in [-0.1, -0.05) is 24.3 Å². The number of carbonyl (C=O) groups excluding carboxylic acids is 2. The van der Waals surface area contributed by atoms with Gasteiger partial charge in [-0.3, -0.25) is 4.79 Å². The Bertz CT molecular complexity index is 730. The van der Waals surface area contributed by atoms with Crippen LogP contribution in [0, 0.1) is 5.92 Å². The van der Waals surface area contributed by atoms with E-state index in [4.69, 9.17) is 4.74 Å². The van der Waals surface area contributed by atoms with Crippen LogP contribution in [0.15, 0.2) is 54.6 Å². The summed E-state index contributed by atoms with van der Waals surface area (Å²) in [5.74, 6) is 0.952. The summed E-state index contributed by atoms with van der Waals surface area (Å²) < 4.78 is 5.51. The maximum absolute atomic E-state index is 11.9. The van der Waals surface area contributed by atoms with Gasteiger partial charge in [0.2, 0.25) is 5.91 Å². The molecule has 3 rings (SSSR count). The van der Waals surface area contributed by atoms with E-state index in [2.05, 4.69) is 16.0 Å². The molecule has 0 radical (unpaired) electrons. The number of carbonyl (C=O) groups is 2. The number of hydrogen-bond donors (Lipinski definition) is 3. The molecule has 1 fully saturated rings. The summed E-state index contributed by atoms with van der Waals surface area (Å²) in [5.41, 5.74) is 1.30. The minimum atomic E-state index is -0.317. The van der Waals surface area contributed by atoms with Gasteiger partial charge >= 0.3 is 6.03 Å². The highest BCUT2D eigenvalue weighted by Crippen LogP contribution is 2.30. The van der Waals surface area contributed by atoms with Crippen molar-refractivity contribution in [3.63, 3.8) is 0 Å². The Morgan fingerprint density at radius 1 is 0.960 bits per heavy atom. The van der Waals surface area contributed by atoms with Crippen molar-refractivity contribution in [2.24, 2.45) is 5.92 Å². The number of para-hydroxylation sites is 1. The summed E-state index contributed by atoms with van der Waals surface area (Å²) in [6.45, 7) is 0.772. The SMILES string of the molecule is O=C(NCCOc1ccccc1)Nc1cccc(NC(=O)C2CC2)c1. The fourth-order valence-electron chi connectivity index (χ4n) is 2.29. The van der Waals surface area contributed by atoms with E-state index < -0.39 is 0 Å². The Morgan fingerprint density at radius 3 is 2.40 bits per heavy atom. The first-order valence-electron chi connectivity index (χ1n) is 8.34. The quantitative estimate of drug-likeness (QED) is 0.678. The molecule has 0 heterocycles. The van der Waals surface area contributed by atoms with E-state index in [-0.39, 0.29) is 17.9 Å². The summed E-state index contributed by atoms with van der Waals surface area (Å²) >= 11 is 0. The second kappa shape index (κ2) is 8.19. The second-order valence-electron chi connectivity index (χ2n) is 5.89. The molecule has 1 aliphatic carbocycles. The van der Waals surface area contributed by atoms with E-state index in [1.165, 1.54) is 0 Å². The monoisotopic (exact) mass is 339 g/mol. The lowest BCUT2D eigenvalue weighted by Crippen LogP contribution is -2.32. The molecule has 0 saturated heterocycles. The first-order chi connectivity index (χ1) is 12.2. The maximum Gasteiger partial charge on any atom is 0.319 e. The number of hydrogen-bond acceptors (Lipinski definition) is 3. The zero-order valence-corrected chi connectivity index (χ0v) is 13.8. The van der Waals surface area contributed by atoms with Crippen molar-refractivity contribution in [3.8, 4) is 5.75 Å². The molecule has 0 bridgehead atoms. The molecule has 2 aromatic carbocycles. The average Bonchev–Trinajstić information content (AvgIpc) is 3.45. The molecule has 1 saturated carbocycles. The summed E-state index contributed by atoms with van der Waals surface area (Å²) in [6, 6.07) is 16.2. The van der Waals surface area contributed by atoms with Crippen molar-refractivity contribution in [2.75, 3.05) is 23.8 Å². The molecule has 2 aromatic rings. The van der Waals surface area contributed by atoms with Crippen LogP contribution in [-0.4, -0.2) is 25.1 Å². The van der Waals surface area contributed by atoms with Crippen molar-refractivity contribution in [1.82, 2.24) is 5.32 Å². The van der Waals surface area contributed by atoms with Crippen LogP contribution in [0.2, 0.25) is 0 Å². The number of anilines is 2. The predicted octanol–water partition coefficient (Wildman–Crippen LogP) is 3.24. The topological polar surface area (TPSA) is 79.5 Å². The number of benzene rings is 2. The van der Waals surface area contributed by atoms with Crippen LogP contribution in [0.3, 0.4) is 0 Å². The predicted molar refractivity (Wildman–Crippen MR) is 96.8 cm³/mol. The molecule has 0 aliphatic heterocycles. The average molecular weight is 339 g/mol. The summed E-state index contributed by atoms with van der Waals surface area (Å²) in [7, 11) is 0. The molecule has 1 aliphatic rings. The van der Waals surface area contributed by atoms with Crippen LogP contribution in [0.25, 0.3) is 0 Å². The van der Waals surface area contributed by atoms with Gasteiger partial charge in [0.1, 0.15) is 12.4 Å². The minimum Gasteiger partial charge on any atom is -0.492 e. The van der Waals surface area contributed by atoms with Gasteiger partial charge in [0.15, 0.2) is 0 Å². The number of amides is 3. The summed E-state index contributed by atoms with van der Waals surface area (Å²) in [5, 5.41) is 8.33. The van der Waals surface area contributed by atoms with Crippen LogP contribution >= 0.6 is 0 Å². The molecule has 6 heteroatoms. The Balaban J connectivity index is 1.40. The van der Waals surface area contributed by atoms with Gasteiger partial charge in [-0.15, -0.1) is 0 Å². The molecule has 25 heavy (non-hydrogen) atoms. The van der Waals surface area contributed by atoms with Gasteiger partial charge < -0.3 is 20.7 Å².